The fourth-order valence-electron chi connectivity index (χ4n) is 1.06. The van der Waals surface area contributed by atoms with Crippen molar-refractivity contribution in [1.29, 1.82) is 0 Å². The van der Waals surface area contributed by atoms with Gasteiger partial charge in [0.25, 0.3) is 0 Å². The van der Waals surface area contributed by atoms with E-state index in [-0.39, 0.29) is 0 Å². The summed E-state index contributed by atoms with van der Waals surface area (Å²) in [6.07, 6.45) is 2.34. The van der Waals surface area contributed by atoms with Crippen LogP contribution in [-0.2, 0) is 11.3 Å². The van der Waals surface area contributed by atoms with Crippen molar-refractivity contribution >= 4 is 5.91 Å². The van der Waals surface area contributed by atoms with E-state index in [1.807, 2.05) is 19.2 Å². The first-order chi connectivity index (χ1) is 6.42. The van der Waals surface area contributed by atoms with Gasteiger partial charge >= 0.3 is 0 Å². The lowest BCUT2D eigenvalue weighted by atomic mass is 9.99. The smallest absolute Gasteiger partial charge is 0.237 e. The van der Waals surface area contributed by atoms with E-state index in [2.05, 4.69) is 5.10 Å². The summed E-state index contributed by atoms with van der Waals surface area (Å²) >= 11 is 0. The zero-order valence-electron chi connectivity index (χ0n) is 8.53. The molecule has 1 aromatic rings. The molecule has 14 heavy (non-hydrogen) atoms. The summed E-state index contributed by atoms with van der Waals surface area (Å²) in [5, 5.41) is 4.18. The Labute approximate surface area is 83.1 Å². The van der Waals surface area contributed by atoms with Gasteiger partial charge in [0.15, 0.2) is 0 Å². The van der Waals surface area contributed by atoms with Crippen LogP contribution in [0.15, 0.2) is 12.3 Å². The lowest BCUT2D eigenvalue weighted by Crippen LogP contribution is -2.49. The van der Waals surface area contributed by atoms with E-state index in [0.29, 0.717) is 13.0 Å². The minimum absolute atomic E-state index is 0.485. The van der Waals surface area contributed by atoms with Gasteiger partial charge in [0.1, 0.15) is 0 Å². The van der Waals surface area contributed by atoms with Crippen molar-refractivity contribution in [1.82, 2.24) is 9.78 Å². The number of primary amides is 1. The van der Waals surface area contributed by atoms with Crippen LogP contribution in [0.1, 0.15) is 19.0 Å². The molecule has 0 aliphatic heterocycles. The number of aryl methyl sites for hydroxylation is 2. The van der Waals surface area contributed by atoms with Crippen LogP contribution in [0, 0.1) is 6.92 Å². The predicted octanol–water partition coefficient (Wildman–Crippen LogP) is -0.216. The molecule has 0 saturated carbocycles. The number of amides is 1. The average molecular weight is 196 g/mol. The van der Waals surface area contributed by atoms with E-state index in [0.717, 1.165) is 5.69 Å². The summed E-state index contributed by atoms with van der Waals surface area (Å²) < 4.78 is 1.75. The Morgan fingerprint density at radius 3 is 2.79 bits per heavy atom. The molecule has 1 aromatic heterocycles. The second-order valence-electron chi connectivity index (χ2n) is 3.75. The molecule has 0 radical (unpaired) electrons. The fraction of sp³-hybridized carbons (Fsp3) is 0.556. The minimum atomic E-state index is -0.958. The minimum Gasteiger partial charge on any atom is -0.368 e. The first kappa shape index (κ1) is 10.7. The van der Waals surface area contributed by atoms with Gasteiger partial charge in [0.2, 0.25) is 5.91 Å². The van der Waals surface area contributed by atoms with Gasteiger partial charge in [-0.1, -0.05) is 0 Å². The van der Waals surface area contributed by atoms with Gasteiger partial charge in [-0.15, -0.1) is 0 Å². The highest BCUT2D eigenvalue weighted by atomic mass is 16.1. The monoisotopic (exact) mass is 196 g/mol. The molecule has 0 aromatic carbocycles. The van der Waals surface area contributed by atoms with Crippen molar-refractivity contribution in [2.45, 2.75) is 32.4 Å². The SMILES string of the molecule is Cc1ccn(CCC(C)(N)C(N)=O)n1. The number of hydrogen-bond acceptors (Lipinski definition) is 3. The number of carbonyl (C=O) groups is 1. The number of hydrogen-bond donors (Lipinski definition) is 2. The van der Waals surface area contributed by atoms with E-state index in [1.165, 1.54) is 0 Å². The van der Waals surface area contributed by atoms with E-state index in [4.69, 9.17) is 11.5 Å². The van der Waals surface area contributed by atoms with Crippen LogP contribution in [0.4, 0.5) is 0 Å². The van der Waals surface area contributed by atoms with Crippen LogP contribution in [0.2, 0.25) is 0 Å². The highest BCUT2D eigenvalue weighted by Gasteiger charge is 2.25. The molecule has 0 aliphatic rings. The van der Waals surface area contributed by atoms with Crippen LogP contribution in [0.3, 0.4) is 0 Å². The molecule has 0 aliphatic carbocycles. The second-order valence-corrected chi connectivity index (χ2v) is 3.75. The van der Waals surface area contributed by atoms with Crippen molar-refractivity contribution in [3.05, 3.63) is 18.0 Å². The summed E-state index contributed by atoms with van der Waals surface area (Å²) in [4.78, 5) is 10.9. The Bertz CT molecular complexity index is 329. The van der Waals surface area contributed by atoms with Crippen molar-refractivity contribution in [2.24, 2.45) is 11.5 Å². The summed E-state index contributed by atoms with van der Waals surface area (Å²) in [7, 11) is 0. The van der Waals surface area contributed by atoms with Crippen LogP contribution in [-0.4, -0.2) is 21.2 Å². The van der Waals surface area contributed by atoms with E-state index < -0.39 is 11.4 Å². The molecule has 0 saturated heterocycles. The summed E-state index contributed by atoms with van der Waals surface area (Å²) in [5.41, 5.74) is 10.8. The van der Waals surface area contributed by atoms with Gasteiger partial charge in [-0.3, -0.25) is 9.48 Å². The molecule has 1 unspecified atom stereocenters. The first-order valence-corrected chi connectivity index (χ1v) is 4.51. The van der Waals surface area contributed by atoms with Gasteiger partial charge in [-0.25, -0.2) is 0 Å². The van der Waals surface area contributed by atoms with Gasteiger partial charge in [-0.05, 0) is 26.3 Å². The van der Waals surface area contributed by atoms with Crippen molar-refractivity contribution in [3.8, 4) is 0 Å². The number of rotatable bonds is 4. The Morgan fingerprint density at radius 2 is 2.36 bits per heavy atom. The topological polar surface area (TPSA) is 86.9 Å². The third-order valence-electron chi connectivity index (χ3n) is 2.20. The molecule has 1 atom stereocenters. The fourth-order valence-corrected chi connectivity index (χ4v) is 1.06. The summed E-state index contributed by atoms with van der Waals surface area (Å²) in [5.74, 6) is -0.485. The van der Waals surface area contributed by atoms with Crippen molar-refractivity contribution < 1.29 is 4.79 Å². The Hall–Kier alpha value is -1.36. The molecule has 1 rings (SSSR count). The maximum atomic E-state index is 10.9. The van der Waals surface area contributed by atoms with Crippen LogP contribution < -0.4 is 11.5 Å². The molecule has 78 valence electrons. The van der Waals surface area contributed by atoms with Crippen LogP contribution in [0.5, 0.6) is 0 Å². The van der Waals surface area contributed by atoms with Crippen LogP contribution in [0.25, 0.3) is 0 Å². The summed E-state index contributed by atoms with van der Waals surface area (Å²) in [6.45, 7) is 4.14. The largest absolute Gasteiger partial charge is 0.368 e. The molecule has 4 N–H and O–H groups in total. The number of nitrogens with zero attached hydrogens (tertiary/aromatic N) is 2. The number of nitrogens with two attached hydrogens (primary N) is 2. The summed E-state index contributed by atoms with van der Waals surface area (Å²) in [6, 6.07) is 1.90. The second kappa shape index (κ2) is 3.79. The quantitative estimate of drug-likeness (QED) is 0.698. The Balaban J connectivity index is 2.52. The average Bonchev–Trinajstić information content (AvgIpc) is 2.48. The predicted molar refractivity (Wildman–Crippen MR) is 53.4 cm³/mol. The van der Waals surface area contributed by atoms with E-state index in [9.17, 15) is 4.79 Å². The maximum absolute atomic E-state index is 10.9. The molecule has 0 spiro atoms. The van der Waals surface area contributed by atoms with Gasteiger partial charge in [0.05, 0.1) is 11.2 Å². The zero-order chi connectivity index (χ0) is 10.8. The Kier molecular flexibility index (Phi) is 2.90. The van der Waals surface area contributed by atoms with E-state index >= 15 is 0 Å². The van der Waals surface area contributed by atoms with Crippen molar-refractivity contribution in [3.63, 3.8) is 0 Å². The maximum Gasteiger partial charge on any atom is 0.237 e. The third kappa shape index (κ3) is 2.56. The molecule has 1 heterocycles. The molecule has 5 nitrogen and oxygen atoms in total. The Morgan fingerprint density at radius 1 is 1.71 bits per heavy atom. The number of aromatic nitrogens is 2. The molecule has 0 fully saturated rings. The lowest BCUT2D eigenvalue weighted by Gasteiger charge is -2.19. The lowest BCUT2D eigenvalue weighted by molar-refractivity contribution is -0.122. The molecule has 5 heteroatoms. The zero-order valence-corrected chi connectivity index (χ0v) is 8.53. The van der Waals surface area contributed by atoms with Gasteiger partial charge in [-0.2, -0.15) is 5.10 Å². The molecular formula is C9H16N4O. The normalized spacial score (nSPS) is 15.1. The number of carbonyl (C=O) groups excluding carboxylic acids is 1. The van der Waals surface area contributed by atoms with Gasteiger partial charge in [0, 0.05) is 12.7 Å². The standard InChI is InChI=1S/C9H16N4O/c1-7-3-5-13(12-7)6-4-9(2,11)8(10)14/h3,5H,4,6,11H2,1-2H3,(H2,10,14). The van der Waals surface area contributed by atoms with E-state index in [1.54, 1.807) is 11.6 Å². The molecule has 0 bridgehead atoms. The first-order valence-electron chi connectivity index (χ1n) is 4.51. The van der Waals surface area contributed by atoms with Gasteiger partial charge < -0.3 is 11.5 Å². The molecule has 1 amide bonds. The van der Waals surface area contributed by atoms with Crippen LogP contribution >= 0.6 is 0 Å². The highest BCUT2D eigenvalue weighted by molar-refractivity contribution is 5.83. The molecular weight excluding hydrogens is 180 g/mol. The third-order valence-corrected chi connectivity index (χ3v) is 2.20. The highest BCUT2D eigenvalue weighted by Crippen LogP contribution is 2.06. The van der Waals surface area contributed by atoms with Crippen molar-refractivity contribution in [2.75, 3.05) is 0 Å².